The molecule has 1 aliphatic carbocycles. The standard InChI is InChI=1S/C22H27N3O/c1-21(15-25-17-23-16-24-25)12-5-6-13-22(21,2)26-14-19-10-7-9-18-8-3-4-11-20(18)19/h3-4,7-11,16-17H,5-6,12-15H2,1-2H3. The Morgan fingerprint density at radius 2 is 1.85 bits per heavy atom. The van der Waals surface area contributed by atoms with E-state index in [0.29, 0.717) is 6.61 Å². The predicted molar refractivity (Wildman–Crippen MR) is 104 cm³/mol. The van der Waals surface area contributed by atoms with Crippen molar-refractivity contribution in [3.63, 3.8) is 0 Å². The molecular formula is C22H27N3O. The number of ether oxygens (including phenoxy) is 1. The third kappa shape index (κ3) is 3.14. The zero-order valence-electron chi connectivity index (χ0n) is 15.7. The van der Waals surface area contributed by atoms with E-state index in [0.717, 1.165) is 19.4 Å². The minimum Gasteiger partial charge on any atom is -0.370 e. The van der Waals surface area contributed by atoms with Crippen LogP contribution in [0.4, 0.5) is 0 Å². The van der Waals surface area contributed by atoms with Crippen molar-refractivity contribution in [3.8, 4) is 0 Å². The van der Waals surface area contributed by atoms with Crippen LogP contribution in [0.2, 0.25) is 0 Å². The molecule has 26 heavy (non-hydrogen) atoms. The highest BCUT2D eigenvalue weighted by Crippen LogP contribution is 2.48. The van der Waals surface area contributed by atoms with E-state index in [-0.39, 0.29) is 11.0 Å². The molecule has 0 radical (unpaired) electrons. The molecule has 0 spiro atoms. The summed E-state index contributed by atoms with van der Waals surface area (Å²) in [6.45, 7) is 6.12. The fraction of sp³-hybridized carbons (Fsp3) is 0.455. The molecule has 0 saturated heterocycles. The molecule has 0 bridgehead atoms. The van der Waals surface area contributed by atoms with Gasteiger partial charge in [0.25, 0.3) is 0 Å². The number of fused-ring (bicyclic) bond motifs is 1. The van der Waals surface area contributed by atoms with Gasteiger partial charge in [0, 0.05) is 5.41 Å². The third-order valence-electron chi connectivity index (χ3n) is 6.31. The average molecular weight is 349 g/mol. The summed E-state index contributed by atoms with van der Waals surface area (Å²) in [5.74, 6) is 0. The molecule has 1 aromatic heterocycles. The first-order valence-electron chi connectivity index (χ1n) is 9.53. The molecule has 2 aromatic carbocycles. The van der Waals surface area contributed by atoms with Gasteiger partial charge in [0.15, 0.2) is 0 Å². The molecule has 4 rings (SSSR count). The Morgan fingerprint density at radius 1 is 1.04 bits per heavy atom. The van der Waals surface area contributed by atoms with Crippen LogP contribution in [0.5, 0.6) is 0 Å². The summed E-state index contributed by atoms with van der Waals surface area (Å²) < 4.78 is 8.62. The first kappa shape index (κ1) is 17.2. The van der Waals surface area contributed by atoms with Gasteiger partial charge in [-0.25, -0.2) is 4.98 Å². The van der Waals surface area contributed by atoms with Gasteiger partial charge >= 0.3 is 0 Å². The fourth-order valence-electron chi connectivity index (χ4n) is 4.36. The summed E-state index contributed by atoms with van der Waals surface area (Å²) >= 11 is 0. The highest BCUT2D eigenvalue weighted by atomic mass is 16.5. The van der Waals surface area contributed by atoms with Crippen molar-refractivity contribution in [2.45, 2.75) is 58.3 Å². The minimum atomic E-state index is -0.172. The summed E-state index contributed by atoms with van der Waals surface area (Å²) in [5.41, 5.74) is 1.13. The molecular weight excluding hydrogens is 322 g/mol. The van der Waals surface area contributed by atoms with Crippen LogP contribution in [0.3, 0.4) is 0 Å². The molecule has 0 aliphatic heterocycles. The number of hydrogen-bond donors (Lipinski definition) is 0. The lowest BCUT2D eigenvalue weighted by molar-refractivity contribution is -0.155. The fourth-order valence-corrected chi connectivity index (χ4v) is 4.36. The van der Waals surface area contributed by atoms with Gasteiger partial charge in [0.05, 0.1) is 18.8 Å². The maximum Gasteiger partial charge on any atom is 0.137 e. The van der Waals surface area contributed by atoms with Crippen molar-refractivity contribution in [2.75, 3.05) is 0 Å². The molecule has 3 aromatic rings. The van der Waals surface area contributed by atoms with Crippen LogP contribution in [0.15, 0.2) is 55.1 Å². The molecule has 136 valence electrons. The SMILES string of the molecule is CC1(Cn2cncn2)CCCCC1(C)OCc1cccc2ccccc12. The van der Waals surface area contributed by atoms with E-state index in [9.17, 15) is 0 Å². The molecule has 4 nitrogen and oxygen atoms in total. The van der Waals surface area contributed by atoms with Crippen LogP contribution >= 0.6 is 0 Å². The number of benzene rings is 2. The van der Waals surface area contributed by atoms with Crippen molar-refractivity contribution in [1.29, 1.82) is 0 Å². The van der Waals surface area contributed by atoms with Crippen LogP contribution < -0.4 is 0 Å². The van der Waals surface area contributed by atoms with Crippen molar-refractivity contribution >= 4 is 10.8 Å². The first-order valence-corrected chi connectivity index (χ1v) is 9.53. The van der Waals surface area contributed by atoms with Crippen LogP contribution in [0, 0.1) is 5.41 Å². The lowest BCUT2D eigenvalue weighted by atomic mass is 9.64. The smallest absolute Gasteiger partial charge is 0.137 e. The third-order valence-corrected chi connectivity index (χ3v) is 6.31. The molecule has 1 saturated carbocycles. The van der Waals surface area contributed by atoms with E-state index >= 15 is 0 Å². The Labute approximate surface area is 155 Å². The molecule has 2 atom stereocenters. The van der Waals surface area contributed by atoms with Crippen molar-refractivity contribution in [2.24, 2.45) is 5.41 Å². The number of aromatic nitrogens is 3. The molecule has 1 fully saturated rings. The lowest BCUT2D eigenvalue weighted by Gasteiger charge is -2.49. The van der Waals surface area contributed by atoms with Gasteiger partial charge in [0.1, 0.15) is 12.7 Å². The number of rotatable bonds is 5. The van der Waals surface area contributed by atoms with Crippen LogP contribution in [-0.2, 0) is 17.9 Å². The Bertz CT molecular complexity index is 871. The maximum absolute atomic E-state index is 6.67. The Balaban J connectivity index is 1.58. The van der Waals surface area contributed by atoms with Gasteiger partial charge < -0.3 is 4.74 Å². The van der Waals surface area contributed by atoms with Crippen molar-refractivity contribution in [1.82, 2.24) is 14.8 Å². The van der Waals surface area contributed by atoms with Gasteiger partial charge in [-0.3, -0.25) is 4.68 Å². The van der Waals surface area contributed by atoms with Crippen LogP contribution in [0.25, 0.3) is 10.8 Å². The summed E-state index contributed by atoms with van der Waals surface area (Å²) in [6.07, 6.45) is 8.13. The second kappa shape index (κ2) is 6.84. The quantitative estimate of drug-likeness (QED) is 0.652. The molecule has 1 aliphatic rings. The second-order valence-corrected chi connectivity index (χ2v) is 8.02. The summed E-state index contributed by atoms with van der Waals surface area (Å²) in [6, 6.07) is 15.0. The van der Waals surface area contributed by atoms with E-state index in [2.05, 4.69) is 66.4 Å². The molecule has 0 amide bonds. The van der Waals surface area contributed by atoms with Crippen LogP contribution in [-0.4, -0.2) is 20.4 Å². The van der Waals surface area contributed by atoms with Crippen molar-refractivity contribution in [3.05, 3.63) is 60.7 Å². The molecule has 0 N–H and O–H groups in total. The zero-order valence-corrected chi connectivity index (χ0v) is 15.7. The van der Waals surface area contributed by atoms with E-state index in [4.69, 9.17) is 4.74 Å². The minimum absolute atomic E-state index is 0.0452. The summed E-state index contributed by atoms with van der Waals surface area (Å²) in [5, 5.41) is 6.89. The normalized spacial score (nSPS) is 26.2. The summed E-state index contributed by atoms with van der Waals surface area (Å²) in [4.78, 5) is 4.11. The largest absolute Gasteiger partial charge is 0.370 e. The van der Waals surface area contributed by atoms with Crippen molar-refractivity contribution < 1.29 is 4.74 Å². The van der Waals surface area contributed by atoms with E-state index in [1.807, 2.05) is 11.0 Å². The van der Waals surface area contributed by atoms with E-state index in [1.165, 1.54) is 29.2 Å². The Kier molecular flexibility index (Phi) is 4.53. The lowest BCUT2D eigenvalue weighted by Crippen LogP contribution is -2.50. The van der Waals surface area contributed by atoms with E-state index in [1.54, 1.807) is 6.33 Å². The van der Waals surface area contributed by atoms with E-state index < -0.39 is 0 Å². The highest BCUT2D eigenvalue weighted by molar-refractivity contribution is 5.85. The summed E-state index contributed by atoms with van der Waals surface area (Å²) in [7, 11) is 0. The average Bonchev–Trinajstić information content (AvgIpc) is 3.15. The van der Waals surface area contributed by atoms with Gasteiger partial charge in [-0.2, -0.15) is 5.10 Å². The maximum atomic E-state index is 6.67. The number of hydrogen-bond acceptors (Lipinski definition) is 3. The monoisotopic (exact) mass is 349 g/mol. The molecule has 2 unspecified atom stereocenters. The highest BCUT2D eigenvalue weighted by Gasteiger charge is 2.47. The molecule has 4 heteroatoms. The Hall–Kier alpha value is -2.20. The van der Waals surface area contributed by atoms with Crippen LogP contribution in [0.1, 0.15) is 45.1 Å². The van der Waals surface area contributed by atoms with Gasteiger partial charge in [0.2, 0.25) is 0 Å². The molecule has 1 heterocycles. The second-order valence-electron chi connectivity index (χ2n) is 8.02. The van der Waals surface area contributed by atoms with Gasteiger partial charge in [-0.1, -0.05) is 62.2 Å². The zero-order chi connectivity index (χ0) is 18.0. The topological polar surface area (TPSA) is 39.9 Å². The number of nitrogens with zero attached hydrogens (tertiary/aromatic N) is 3. The van der Waals surface area contributed by atoms with Gasteiger partial charge in [-0.05, 0) is 36.1 Å². The first-order chi connectivity index (χ1) is 12.6. The Morgan fingerprint density at radius 3 is 2.69 bits per heavy atom. The predicted octanol–water partition coefficient (Wildman–Crippen LogP) is 4.99. The van der Waals surface area contributed by atoms with Gasteiger partial charge in [-0.15, -0.1) is 0 Å².